The highest BCUT2D eigenvalue weighted by atomic mass is 79.9. The van der Waals surface area contributed by atoms with Crippen LogP contribution in [-0.2, 0) is 9.98 Å². The molecule has 0 aliphatic heterocycles. The van der Waals surface area contributed by atoms with Gasteiger partial charge in [0.15, 0.2) is 0 Å². The first-order valence-electron chi connectivity index (χ1n) is 6.01. The van der Waals surface area contributed by atoms with E-state index in [1.165, 1.54) is 0 Å². The zero-order chi connectivity index (χ0) is 14.8. The van der Waals surface area contributed by atoms with Crippen molar-refractivity contribution in [1.82, 2.24) is 0 Å². The van der Waals surface area contributed by atoms with E-state index in [1.807, 2.05) is 6.07 Å². The van der Waals surface area contributed by atoms with E-state index in [2.05, 4.69) is 15.9 Å². The Kier molecular flexibility index (Phi) is 5.49. The monoisotopic (exact) mass is 348 g/mol. The molecule has 19 heavy (non-hydrogen) atoms. The third-order valence-electron chi connectivity index (χ3n) is 3.36. The Hall–Kier alpha value is -0.0651. The first-order chi connectivity index (χ1) is 8.58. The van der Waals surface area contributed by atoms with Gasteiger partial charge in [-0.25, -0.2) is 0 Å². The summed E-state index contributed by atoms with van der Waals surface area (Å²) in [5.74, 6) is 0. The van der Waals surface area contributed by atoms with Gasteiger partial charge in [-0.05, 0) is 39.3 Å². The van der Waals surface area contributed by atoms with Gasteiger partial charge in [-0.15, -0.1) is 0 Å². The summed E-state index contributed by atoms with van der Waals surface area (Å²) < 4.78 is 5.55. The fourth-order valence-corrected chi connectivity index (χ4v) is 1.99. The van der Waals surface area contributed by atoms with E-state index in [0.717, 1.165) is 5.56 Å². The van der Waals surface area contributed by atoms with Crippen LogP contribution >= 0.6 is 27.5 Å². The molecule has 0 saturated carbocycles. The molecule has 0 saturated heterocycles. The van der Waals surface area contributed by atoms with Crippen molar-refractivity contribution in [2.24, 2.45) is 0 Å². The molecule has 1 aromatic carbocycles. The molecule has 0 atom stereocenters. The molecule has 0 heterocycles. The second-order valence-corrected chi connectivity index (χ2v) is 6.50. The van der Waals surface area contributed by atoms with Crippen molar-refractivity contribution in [2.45, 2.75) is 44.2 Å². The van der Waals surface area contributed by atoms with Crippen molar-refractivity contribution in [3.8, 4) is 0 Å². The lowest BCUT2D eigenvalue weighted by atomic mass is 9.76. The predicted octanol–water partition coefficient (Wildman–Crippen LogP) is 2.49. The highest BCUT2D eigenvalue weighted by Crippen LogP contribution is 2.25. The normalized spacial score (nSPS) is 12.6. The van der Waals surface area contributed by atoms with Crippen LogP contribution in [0.5, 0.6) is 0 Å². The van der Waals surface area contributed by atoms with Gasteiger partial charge in [0, 0.05) is 15.8 Å². The Balaban J connectivity index is 2.93. The van der Waals surface area contributed by atoms with Gasteiger partial charge in [0.25, 0.3) is 0 Å². The summed E-state index contributed by atoms with van der Waals surface area (Å²) >= 11 is 9.47. The predicted molar refractivity (Wildman–Crippen MR) is 83.2 cm³/mol. The fourth-order valence-electron chi connectivity index (χ4n) is 1.34. The van der Waals surface area contributed by atoms with Gasteiger partial charge in [-0.3, -0.25) is 0 Å². The van der Waals surface area contributed by atoms with Crippen molar-refractivity contribution in [3.05, 3.63) is 28.8 Å². The van der Waals surface area contributed by atoms with Crippen molar-refractivity contribution >= 4 is 40.1 Å². The Bertz CT molecular complexity index is 446. The van der Waals surface area contributed by atoms with E-state index in [4.69, 9.17) is 16.3 Å². The molecule has 2 N–H and O–H groups in total. The second-order valence-electron chi connectivity index (χ2n) is 5.53. The summed E-state index contributed by atoms with van der Waals surface area (Å²) in [7, 11) is -1.18. The number of hydrogen-bond acceptors (Lipinski definition) is 3. The largest absolute Gasteiger partial charge is 0.493 e. The molecule has 0 fully saturated rings. The third-order valence-corrected chi connectivity index (χ3v) is 4.34. The highest BCUT2D eigenvalue weighted by molar-refractivity contribution is 9.08. The van der Waals surface area contributed by atoms with Crippen LogP contribution in [-0.4, -0.2) is 28.5 Å². The summed E-state index contributed by atoms with van der Waals surface area (Å²) in [6.07, 6.45) is 0. The lowest BCUT2D eigenvalue weighted by molar-refractivity contribution is -0.0982. The summed E-state index contributed by atoms with van der Waals surface area (Å²) in [5.41, 5.74) is -0.494. The number of alkyl halides is 1. The van der Waals surface area contributed by atoms with E-state index in [0.29, 0.717) is 15.8 Å². The molecule has 0 spiro atoms. The van der Waals surface area contributed by atoms with Gasteiger partial charge in [-0.2, -0.15) is 0 Å². The van der Waals surface area contributed by atoms with Gasteiger partial charge in [-0.1, -0.05) is 39.7 Å². The van der Waals surface area contributed by atoms with Crippen LogP contribution in [0.4, 0.5) is 0 Å². The number of hydrogen-bond donors (Lipinski definition) is 2. The molecule has 106 valence electrons. The van der Waals surface area contributed by atoms with Crippen molar-refractivity contribution < 1.29 is 14.8 Å². The summed E-state index contributed by atoms with van der Waals surface area (Å²) in [6, 6.07) is 5.36. The molecule has 3 nitrogen and oxygen atoms in total. The van der Waals surface area contributed by atoms with E-state index in [9.17, 15) is 10.1 Å². The van der Waals surface area contributed by atoms with Crippen LogP contribution in [0.2, 0.25) is 5.02 Å². The number of aliphatic hydroxyl groups is 1. The smallest absolute Gasteiger partial charge is 0.423 e. The molecule has 0 amide bonds. The van der Waals surface area contributed by atoms with Gasteiger partial charge in [0.05, 0.1) is 11.2 Å². The van der Waals surface area contributed by atoms with Crippen molar-refractivity contribution in [2.75, 3.05) is 0 Å². The molecule has 1 aromatic rings. The van der Waals surface area contributed by atoms with Gasteiger partial charge < -0.3 is 14.8 Å². The molecule has 0 radical (unpaired) electrons. The SMILES string of the molecule is CC(C)(O)C(C)(C)OB(O)c1ccc(CBr)cc1Cl. The zero-order valence-electron chi connectivity index (χ0n) is 11.6. The number of benzene rings is 1. The van der Waals surface area contributed by atoms with Crippen molar-refractivity contribution in [3.63, 3.8) is 0 Å². The lowest BCUT2D eigenvalue weighted by Gasteiger charge is -2.38. The van der Waals surface area contributed by atoms with E-state index < -0.39 is 18.3 Å². The topological polar surface area (TPSA) is 49.7 Å². The van der Waals surface area contributed by atoms with Crippen molar-refractivity contribution in [1.29, 1.82) is 0 Å². The van der Waals surface area contributed by atoms with E-state index >= 15 is 0 Å². The van der Waals surface area contributed by atoms with Crippen LogP contribution in [0.15, 0.2) is 18.2 Å². The Morgan fingerprint density at radius 3 is 2.32 bits per heavy atom. The van der Waals surface area contributed by atoms with Crippen LogP contribution in [0.25, 0.3) is 0 Å². The van der Waals surface area contributed by atoms with E-state index in [1.54, 1.807) is 39.8 Å². The highest BCUT2D eigenvalue weighted by Gasteiger charge is 2.39. The van der Waals surface area contributed by atoms with Gasteiger partial charge in [0.2, 0.25) is 0 Å². The quantitative estimate of drug-likeness (QED) is 0.634. The van der Waals surface area contributed by atoms with Crippen LogP contribution in [0.3, 0.4) is 0 Å². The zero-order valence-corrected chi connectivity index (χ0v) is 13.9. The molecule has 0 bridgehead atoms. The standard InChI is InChI=1S/C13H19BBrClO3/c1-12(2,17)13(3,4)19-14(18)10-6-5-9(8-15)7-11(10)16/h5-7,17-18H,8H2,1-4H3. The summed E-state index contributed by atoms with van der Waals surface area (Å²) in [4.78, 5) is 0. The minimum atomic E-state index is -1.18. The van der Waals surface area contributed by atoms with Crippen LogP contribution < -0.4 is 5.46 Å². The second kappa shape index (κ2) is 6.14. The molecule has 0 aromatic heterocycles. The number of halogens is 2. The molecular weight excluding hydrogens is 330 g/mol. The van der Waals surface area contributed by atoms with E-state index in [-0.39, 0.29) is 0 Å². The van der Waals surface area contributed by atoms with Crippen LogP contribution in [0, 0.1) is 0 Å². The Labute approximate surface area is 128 Å². The fraction of sp³-hybridized carbons (Fsp3) is 0.538. The molecule has 0 aliphatic carbocycles. The molecule has 1 rings (SSSR count). The Morgan fingerprint density at radius 1 is 1.32 bits per heavy atom. The summed E-state index contributed by atoms with van der Waals surface area (Å²) in [5, 5.41) is 21.3. The maximum Gasteiger partial charge on any atom is 0.493 e. The molecule has 6 heteroatoms. The average molecular weight is 349 g/mol. The van der Waals surface area contributed by atoms with Crippen LogP contribution in [0.1, 0.15) is 33.3 Å². The molecule has 0 unspecified atom stereocenters. The maximum absolute atomic E-state index is 10.1. The Morgan fingerprint density at radius 2 is 1.89 bits per heavy atom. The minimum Gasteiger partial charge on any atom is -0.423 e. The average Bonchev–Trinajstić information content (AvgIpc) is 2.26. The maximum atomic E-state index is 10.1. The summed E-state index contributed by atoms with van der Waals surface area (Å²) in [6.45, 7) is 6.71. The van der Waals surface area contributed by atoms with Gasteiger partial charge in [0.1, 0.15) is 0 Å². The lowest BCUT2D eigenvalue weighted by Crippen LogP contribution is -2.53. The minimum absolute atomic E-state index is 0.441. The third kappa shape index (κ3) is 4.20. The molecular formula is C13H19BBrClO3. The molecule has 0 aliphatic rings. The first-order valence-corrected chi connectivity index (χ1v) is 7.51. The number of rotatable bonds is 5. The van der Waals surface area contributed by atoms with Gasteiger partial charge >= 0.3 is 7.12 Å². The first kappa shape index (κ1) is 17.0.